The molecule has 6 heteroatoms. The maximum atomic E-state index is 12.2. The van der Waals surface area contributed by atoms with E-state index in [1.54, 1.807) is 24.3 Å². The maximum Gasteiger partial charge on any atom is 0.252 e. The van der Waals surface area contributed by atoms with Crippen LogP contribution in [0.5, 0.6) is 0 Å². The minimum Gasteiger partial charge on any atom is -0.302 e. The van der Waals surface area contributed by atoms with E-state index in [2.05, 4.69) is 21.0 Å². The van der Waals surface area contributed by atoms with Gasteiger partial charge in [-0.3, -0.25) is 0 Å². The normalized spacial score (nSPS) is 17.4. The van der Waals surface area contributed by atoms with Crippen LogP contribution in [0.4, 0.5) is 0 Å². The molecule has 0 bridgehead atoms. The van der Waals surface area contributed by atoms with Crippen molar-refractivity contribution in [3.8, 4) is 0 Å². The van der Waals surface area contributed by atoms with Crippen molar-refractivity contribution in [1.29, 1.82) is 0 Å². The summed E-state index contributed by atoms with van der Waals surface area (Å²) in [6, 6.07) is 8.49. The highest BCUT2D eigenvalue weighted by molar-refractivity contribution is 9.08. The second-order valence-electron chi connectivity index (χ2n) is 4.38. The molecule has 0 spiro atoms. The Morgan fingerprint density at radius 1 is 1.17 bits per heavy atom. The molecule has 0 amide bonds. The van der Waals surface area contributed by atoms with E-state index in [1.807, 2.05) is 6.07 Å². The Hall–Kier alpha value is -0.430. The molecule has 2 rings (SSSR count). The van der Waals surface area contributed by atoms with Gasteiger partial charge in [0.1, 0.15) is 0 Å². The Kier molecular flexibility index (Phi) is 4.77. The molecule has 0 atom stereocenters. The molecule has 4 nitrogen and oxygen atoms in total. The Morgan fingerprint density at radius 2 is 1.78 bits per heavy atom. The van der Waals surface area contributed by atoms with Gasteiger partial charge in [-0.25, -0.2) is 8.42 Å². The minimum absolute atomic E-state index is 0.322. The van der Waals surface area contributed by atoms with Gasteiger partial charge in [0.2, 0.25) is 0 Å². The van der Waals surface area contributed by atoms with Gasteiger partial charge in [0.15, 0.2) is 0 Å². The number of nitrogens with zero attached hydrogens (tertiary/aromatic N) is 2. The summed E-state index contributed by atoms with van der Waals surface area (Å²) >= 11 is 3.16. The Labute approximate surface area is 117 Å². The number of likely N-dealkylation sites (tertiary alicyclic amines) is 1. The van der Waals surface area contributed by atoms with Crippen molar-refractivity contribution in [2.45, 2.75) is 17.7 Å². The molecule has 18 heavy (non-hydrogen) atoms. The van der Waals surface area contributed by atoms with Gasteiger partial charge in [0.05, 0.1) is 4.90 Å². The number of benzene rings is 1. The lowest BCUT2D eigenvalue weighted by Crippen LogP contribution is -2.31. The van der Waals surface area contributed by atoms with Crippen molar-refractivity contribution in [3.63, 3.8) is 0 Å². The van der Waals surface area contributed by atoms with Gasteiger partial charge < -0.3 is 4.90 Å². The number of halogens is 1. The highest BCUT2D eigenvalue weighted by Crippen LogP contribution is 2.18. The van der Waals surface area contributed by atoms with E-state index in [0.29, 0.717) is 11.4 Å². The van der Waals surface area contributed by atoms with Gasteiger partial charge >= 0.3 is 0 Å². The smallest absolute Gasteiger partial charge is 0.252 e. The van der Waals surface area contributed by atoms with E-state index in [4.69, 9.17) is 0 Å². The predicted molar refractivity (Wildman–Crippen MR) is 74.9 cm³/mol. The molecule has 0 aromatic heterocycles. The van der Waals surface area contributed by atoms with E-state index < -0.39 is 10.0 Å². The van der Waals surface area contributed by atoms with Crippen LogP contribution in [0.25, 0.3) is 0 Å². The molecule has 1 aliphatic heterocycles. The van der Waals surface area contributed by atoms with Crippen LogP contribution in [-0.4, -0.2) is 42.8 Å². The van der Waals surface area contributed by atoms with Crippen molar-refractivity contribution >= 4 is 26.2 Å². The van der Waals surface area contributed by atoms with Gasteiger partial charge in [-0.15, -0.1) is 3.33 Å². The first-order valence-electron chi connectivity index (χ1n) is 6.06. The third-order valence-electron chi connectivity index (χ3n) is 3.09. The molecule has 0 unspecified atom stereocenters. The number of rotatable bonds is 5. The van der Waals surface area contributed by atoms with Crippen LogP contribution in [0.3, 0.4) is 0 Å². The minimum atomic E-state index is -3.41. The zero-order valence-electron chi connectivity index (χ0n) is 10.1. The Balaban J connectivity index is 1.97. The van der Waals surface area contributed by atoms with Crippen molar-refractivity contribution in [3.05, 3.63) is 30.3 Å². The molecule has 1 aromatic carbocycles. The second kappa shape index (κ2) is 6.14. The molecule has 1 aromatic rings. The van der Waals surface area contributed by atoms with Gasteiger partial charge in [-0.05, 0) is 38.1 Å². The zero-order chi connectivity index (χ0) is 13.0. The molecule has 1 saturated heterocycles. The van der Waals surface area contributed by atoms with Crippen LogP contribution in [0.1, 0.15) is 12.8 Å². The number of hydrogen-bond acceptors (Lipinski definition) is 3. The summed E-state index contributed by atoms with van der Waals surface area (Å²) < 4.78 is 25.7. The van der Waals surface area contributed by atoms with Gasteiger partial charge in [0.25, 0.3) is 10.0 Å². The summed E-state index contributed by atoms with van der Waals surface area (Å²) in [5.74, 6) is 0. The average molecular weight is 333 g/mol. The molecule has 0 radical (unpaired) electrons. The van der Waals surface area contributed by atoms with Crippen LogP contribution in [-0.2, 0) is 10.0 Å². The molecular weight excluding hydrogens is 316 g/mol. The lowest BCUT2D eigenvalue weighted by Gasteiger charge is -2.19. The summed E-state index contributed by atoms with van der Waals surface area (Å²) in [5, 5.41) is 0. The van der Waals surface area contributed by atoms with E-state index in [1.165, 1.54) is 16.2 Å². The molecule has 0 N–H and O–H groups in total. The van der Waals surface area contributed by atoms with Gasteiger partial charge in [0, 0.05) is 29.2 Å². The molecule has 1 fully saturated rings. The molecule has 1 heterocycles. The molecule has 0 saturated carbocycles. The van der Waals surface area contributed by atoms with Crippen molar-refractivity contribution in [2.24, 2.45) is 0 Å². The molecule has 1 aliphatic rings. The first-order valence-corrected chi connectivity index (χ1v) is 8.21. The monoisotopic (exact) mass is 332 g/mol. The fraction of sp³-hybridized carbons (Fsp3) is 0.500. The molecular formula is C12H17BrN2O2S. The Morgan fingerprint density at radius 3 is 2.39 bits per heavy atom. The van der Waals surface area contributed by atoms with E-state index in [9.17, 15) is 8.42 Å². The van der Waals surface area contributed by atoms with Crippen LogP contribution >= 0.6 is 16.1 Å². The van der Waals surface area contributed by atoms with Crippen LogP contribution in [0.15, 0.2) is 35.2 Å². The maximum absolute atomic E-state index is 12.2. The lowest BCUT2D eigenvalue weighted by atomic mass is 10.4. The standard InChI is InChI=1S/C12H17BrN2O2S/c13-15(11-10-14-8-4-5-9-14)18(16,17)12-6-2-1-3-7-12/h1-3,6-7H,4-5,8-11H2. The molecule has 100 valence electrons. The first kappa shape index (κ1) is 14.0. The van der Waals surface area contributed by atoms with E-state index >= 15 is 0 Å². The van der Waals surface area contributed by atoms with Crippen LogP contribution in [0, 0.1) is 0 Å². The predicted octanol–water partition coefficient (Wildman–Crippen LogP) is 2.08. The fourth-order valence-electron chi connectivity index (χ4n) is 2.05. The summed E-state index contributed by atoms with van der Waals surface area (Å²) in [5.41, 5.74) is 0. The van der Waals surface area contributed by atoms with Gasteiger partial charge in [-0.2, -0.15) is 0 Å². The fourth-order valence-corrected chi connectivity index (χ4v) is 3.77. The van der Waals surface area contributed by atoms with E-state index in [0.717, 1.165) is 19.6 Å². The summed E-state index contributed by atoms with van der Waals surface area (Å²) in [4.78, 5) is 2.61. The lowest BCUT2D eigenvalue weighted by molar-refractivity contribution is 0.330. The van der Waals surface area contributed by atoms with Crippen molar-refractivity contribution < 1.29 is 8.42 Å². The summed E-state index contributed by atoms with van der Waals surface area (Å²) in [7, 11) is -3.41. The third kappa shape index (κ3) is 3.32. The van der Waals surface area contributed by atoms with Crippen molar-refractivity contribution in [1.82, 2.24) is 8.23 Å². The summed E-state index contributed by atoms with van der Waals surface area (Å²) in [6.07, 6.45) is 2.43. The van der Waals surface area contributed by atoms with Crippen LogP contribution in [0.2, 0.25) is 0 Å². The van der Waals surface area contributed by atoms with Crippen molar-refractivity contribution in [2.75, 3.05) is 26.2 Å². The largest absolute Gasteiger partial charge is 0.302 e. The second-order valence-corrected chi connectivity index (χ2v) is 7.57. The SMILES string of the molecule is O=S(=O)(c1ccccc1)N(Br)CCN1CCCC1. The Bertz CT molecular complexity index is 472. The summed E-state index contributed by atoms with van der Waals surface area (Å²) in [6.45, 7) is 3.40. The first-order chi connectivity index (χ1) is 8.60. The quantitative estimate of drug-likeness (QED) is 0.775. The van der Waals surface area contributed by atoms with Crippen LogP contribution < -0.4 is 0 Å². The molecule has 0 aliphatic carbocycles. The number of sulfonamides is 1. The highest BCUT2D eigenvalue weighted by Gasteiger charge is 2.23. The zero-order valence-corrected chi connectivity index (χ0v) is 12.5. The van der Waals surface area contributed by atoms with Gasteiger partial charge in [-0.1, -0.05) is 18.2 Å². The average Bonchev–Trinajstić information content (AvgIpc) is 2.90. The third-order valence-corrected chi connectivity index (χ3v) is 6.16. The number of hydrogen-bond donors (Lipinski definition) is 0. The topological polar surface area (TPSA) is 40.6 Å². The van der Waals surface area contributed by atoms with E-state index in [-0.39, 0.29) is 0 Å². The highest BCUT2D eigenvalue weighted by atomic mass is 79.9.